The maximum atomic E-state index is 10.5. The third kappa shape index (κ3) is 6.47. The second-order valence-electron chi connectivity index (χ2n) is 4.27. The van der Waals surface area contributed by atoms with Crippen molar-refractivity contribution < 1.29 is 4.79 Å². The SMILES string of the molecule is NC(=O)CCCCNCC1CCCCN1. The van der Waals surface area contributed by atoms with Crippen molar-refractivity contribution in [2.45, 2.75) is 44.6 Å². The standard InChI is InChI=1S/C11H23N3O/c12-11(15)6-2-3-7-13-9-10-5-1-4-8-14-10/h10,13-14H,1-9H2,(H2,12,15). The predicted molar refractivity (Wildman–Crippen MR) is 61.6 cm³/mol. The highest BCUT2D eigenvalue weighted by molar-refractivity contribution is 5.73. The van der Waals surface area contributed by atoms with E-state index in [1.54, 1.807) is 0 Å². The number of carbonyl (C=O) groups is 1. The van der Waals surface area contributed by atoms with E-state index in [-0.39, 0.29) is 5.91 Å². The van der Waals surface area contributed by atoms with Crippen molar-refractivity contribution in [3.05, 3.63) is 0 Å². The van der Waals surface area contributed by atoms with Gasteiger partial charge in [-0.3, -0.25) is 4.79 Å². The van der Waals surface area contributed by atoms with Crippen LogP contribution in [0.25, 0.3) is 0 Å². The lowest BCUT2D eigenvalue weighted by atomic mass is 10.1. The van der Waals surface area contributed by atoms with Gasteiger partial charge < -0.3 is 16.4 Å². The number of rotatable bonds is 7. The van der Waals surface area contributed by atoms with Crippen LogP contribution in [0.4, 0.5) is 0 Å². The quantitative estimate of drug-likeness (QED) is 0.535. The molecule has 1 unspecified atom stereocenters. The summed E-state index contributed by atoms with van der Waals surface area (Å²) in [6.07, 6.45) is 6.41. The maximum absolute atomic E-state index is 10.5. The fourth-order valence-electron chi connectivity index (χ4n) is 1.92. The van der Waals surface area contributed by atoms with E-state index in [9.17, 15) is 4.79 Å². The molecular formula is C11H23N3O. The molecule has 1 amide bonds. The Labute approximate surface area is 92.0 Å². The Morgan fingerprint density at radius 2 is 2.27 bits per heavy atom. The number of amides is 1. The molecule has 0 aliphatic carbocycles. The second-order valence-corrected chi connectivity index (χ2v) is 4.27. The molecule has 0 radical (unpaired) electrons. The summed E-state index contributed by atoms with van der Waals surface area (Å²) in [5.74, 6) is -0.191. The van der Waals surface area contributed by atoms with Crippen LogP contribution in [0, 0.1) is 0 Å². The van der Waals surface area contributed by atoms with E-state index in [1.807, 2.05) is 0 Å². The van der Waals surface area contributed by atoms with E-state index in [1.165, 1.54) is 19.3 Å². The Morgan fingerprint density at radius 1 is 1.40 bits per heavy atom. The van der Waals surface area contributed by atoms with Crippen LogP contribution in [0.5, 0.6) is 0 Å². The average Bonchev–Trinajstić information content (AvgIpc) is 2.24. The Kier molecular flexibility index (Phi) is 6.36. The van der Waals surface area contributed by atoms with E-state index in [0.717, 1.165) is 32.5 Å². The summed E-state index contributed by atoms with van der Waals surface area (Å²) < 4.78 is 0. The third-order valence-corrected chi connectivity index (χ3v) is 2.83. The van der Waals surface area contributed by atoms with E-state index in [0.29, 0.717) is 12.5 Å². The predicted octanol–water partition coefficient (Wildman–Crippen LogP) is 0.374. The van der Waals surface area contributed by atoms with Gasteiger partial charge in [-0.25, -0.2) is 0 Å². The molecule has 88 valence electrons. The maximum Gasteiger partial charge on any atom is 0.217 e. The van der Waals surface area contributed by atoms with Crippen molar-refractivity contribution in [1.82, 2.24) is 10.6 Å². The lowest BCUT2D eigenvalue weighted by molar-refractivity contribution is -0.118. The summed E-state index contributed by atoms with van der Waals surface area (Å²) in [5, 5.41) is 6.91. The zero-order chi connectivity index (χ0) is 10.9. The van der Waals surface area contributed by atoms with Gasteiger partial charge in [0.05, 0.1) is 0 Å². The third-order valence-electron chi connectivity index (χ3n) is 2.83. The van der Waals surface area contributed by atoms with E-state index in [4.69, 9.17) is 5.73 Å². The van der Waals surface area contributed by atoms with Crippen LogP contribution >= 0.6 is 0 Å². The van der Waals surface area contributed by atoms with Crippen molar-refractivity contribution in [1.29, 1.82) is 0 Å². The molecule has 4 heteroatoms. The number of hydrogen-bond acceptors (Lipinski definition) is 3. The molecule has 0 bridgehead atoms. The molecule has 4 N–H and O–H groups in total. The number of hydrogen-bond donors (Lipinski definition) is 3. The molecule has 1 aliphatic heterocycles. The lowest BCUT2D eigenvalue weighted by Crippen LogP contribution is -2.41. The summed E-state index contributed by atoms with van der Waals surface area (Å²) in [6.45, 7) is 3.20. The summed E-state index contributed by atoms with van der Waals surface area (Å²) in [6, 6.07) is 0.648. The van der Waals surface area contributed by atoms with Gasteiger partial charge in [0.1, 0.15) is 0 Å². The molecule has 1 saturated heterocycles. The largest absolute Gasteiger partial charge is 0.370 e. The second kappa shape index (κ2) is 7.65. The molecule has 0 aromatic carbocycles. The topological polar surface area (TPSA) is 67.2 Å². The van der Waals surface area contributed by atoms with Crippen molar-refractivity contribution in [3.8, 4) is 0 Å². The zero-order valence-corrected chi connectivity index (χ0v) is 9.43. The van der Waals surface area contributed by atoms with Crippen LogP contribution in [0.15, 0.2) is 0 Å². The molecular weight excluding hydrogens is 190 g/mol. The molecule has 1 aliphatic rings. The summed E-state index contributed by atoms with van der Waals surface area (Å²) >= 11 is 0. The molecule has 1 fully saturated rings. The van der Waals surface area contributed by atoms with Crippen LogP contribution in [0.1, 0.15) is 38.5 Å². The number of unbranched alkanes of at least 4 members (excludes halogenated alkanes) is 1. The summed E-state index contributed by atoms with van der Waals surface area (Å²) in [5.41, 5.74) is 5.05. The molecule has 1 atom stereocenters. The smallest absolute Gasteiger partial charge is 0.217 e. The minimum Gasteiger partial charge on any atom is -0.370 e. The van der Waals surface area contributed by atoms with E-state index in [2.05, 4.69) is 10.6 Å². The summed E-state index contributed by atoms with van der Waals surface area (Å²) in [4.78, 5) is 10.5. The number of piperidine rings is 1. The highest BCUT2D eigenvalue weighted by atomic mass is 16.1. The molecule has 4 nitrogen and oxygen atoms in total. The van der Waals surface area contributed by atoms with Crippen LogP contribution < -0.4 is 16.4 Å². The van der Waals surface area contributed by atoms with Crippen molar-refractivity contribution in [3.63, 3.8) is 0 Å². The highest BCUT2D eigenvalue weighted by Gasteiger charge is 2.10. The number of nitrogens with two attached hydrogens (primary N) is 1. The van der Waals surface area contributed by atoms with Crippen LogP contribution in [0.2, 0.25) is 0 Å². The minimum absolute atomic E-state index is 0.191. The Balaban J connectivity index is 1.85. The van der Waals surface area contributed by atoms with Gasteiger partial charge in [-0.2, -0.15) is 0 Å². The molecule has 0 saturated carbocycles. The molecule has 15 heavy (non-hydrogen) atoms. The monoisotopic (exact) mass is 213 g/mol. The Hall–Kier alpha value is -0.610. The highest BCUT2D eigenvalue weighted by Crippen LogP contribution is 2.05. The van der Waals surface area contributed by atoms with Gasteiger partial charge in [0.25, 0.3) is 0 Å². The molecule has 0 aromatic rings. The molecule has 1 rings (SSSR count). The fraction of sp³-hybridized carbons (Fsp3) is 0.909. The number of nitrogens with one attached hydrogen (secondary N) is 2. The van der Waals surface area contributed by atoms with Crippen molar-refractivity contribution in [2.24, 2.45) is 5.73 Å². The first-order chi connectivity index (χ1) is 7.29. The van der Waals surface area contributed by atoms with Gasteiger partial charge >= 0.3 is 0 Å². The first kappa shape index (κ1) is 12.5. The fourth-order valence-corrected chi connectivity index (χ4v) is 1.92. The van der Waals surface area contributed by atoms with E-state index >= 15 is 0 Å². The molecule has 0 aromatic heterocycles. The lowest BCUT2D eigenvalue weighted by Gasteiger charge is -2.23. The first-order valence-electron chi connectivity index (χ1n) is 6.01. The van der Waals surface area contributed by atoms with Crippen molar-refractivity contribution >= 4 is 5.91 Å². The normalized spacial score (nSPS) is 21.5. The summed E-state index contributed by atoms with van der Waals surface area (Å²) in [7, 11) is 0. The van der Waals surface area contributed by atoms with Crippen LogP contribution in [0.3, 0.4) is 0 Å². The minimum atomic E-state index is -0.191. The molecule has 0 spiro atoms. The van der Waals surface area contributed by atoms with Gasteiger partial charge in [-0.15, -0.1) is 0 Å². The van der Waals surface area contributed by atoms with Gasteiger partial charge in [-0.1, -0.05) is 6.42 Å². The molecule has 1 heterocycles. The van der Waals surface area contributed by atoms with Crippen molar-refractivity contribution in [2.75, 3.05) is 19.6 Å². The van der Waals surface area contributed by atoms with Gasteiger partial charge in [0, 0.05) is 19.0 Å². The first-order valence-corrected chi connectivity index (χ1v) is 6.01. The van der Waals surface area contributed by atoms with Gasteiger partial charge in [-0.05, 0) is 38.8 Å². The number of carbonyl (C=O) groups excluding carboxylic acids is 1. The van der Waals surface area contributed by atoms with Crippen LogP contribution in [-0.4, -0.2) is 31.6 Å². The van der Waals surface area contributed by atoms with Gasteiger partial charge in [0.2, 0.25) is 5.91 Å². The Morgan fingerprint density at radius 3 is 2.93 bits per heavy atom. The van der Waals surface area contributed by atoms with Gasteiger partial charge in [0.15, 0.2) is 0 Å². The van der Waals surface area contributed by atoms with E-state index < -0.39 is 0 Å². The van der Waals surface area contributed by atoms with Crippen LogP contribution in [-0.2, 0) is 4.79 Å². The Bertz CT molecular complexity index is 179. The average molecular weight is 213 g/mol. The zero-order valence-electron chi connectivity index (χ0n) is 9.43. The number of primary amides is 1.